The molecule has 2 N–H and O–H groups in total. The van der Waals surface area contributed by atoms with Crippen molar-refractivity contribution in [2.24, 2.45) is 0 Å². The van der Waals surface area contributed by atoms with Crippen molar-refractivity contribution in [1.29, 1.82) is 0 Å². The second-order valence-electron chi connectivity index (χ2n) is 1.34. The molecule has 56 valence electrons. The Morgan fingerprint density at radius 1 is 1.44 bits per heavy atom. The molecule has 0 atom stereocenters. The summed E-state index contributed by atoms with van der Waals surface area (Å²) in [4.78, 5) is 15.3. The molecule has 0 aliphatic carbocycles. The van der Waals surface area contributed by atoms with Crippen molar-refractivity contribution in [3.05, 3.63) is 0 Å². The first-order chi connectivity index (χ1) is 3.81. The van der Waals surface area contributed by atoms with Gasteiger partial charge in [0.15, 0.2) is 6.67 Å². The highest BCUT2D eigenvalue weighted by molar-refractivity contribution is 7.53. The van der Waals surface area contributed by atoms with Gasteiger partial charge in [0, 0.05) is 0 Å². The molecule has 0 aliphatic heterocycles. The molecule has 0 heterocycles. The first-order valence-corrected chi connectivity index (χ1v) is 3.42. The van der Waals surface area contributed by atoms with E-state index in [1.807, 2.05) is 0 Å². The van der Waals surface area contributed by atoms with Gasteiger partial charge in [0.1, 0.15) is 0 Å². The molecular formula is C2H4F3O3P. The zero-order valence-corrected chi connectivity index (χ0v) is 4.99. The highest BCUT2D eigenvalue weighted by Gasteiger charge is 2.48. The third-order valence-electron chi connectivity index (χ3n) is 0.587. The van der Waals surface area contributed by atoms with E-state index in [-0.39, 0.29) is 0 Å². The molecule has 3 nitrogen and oxygen atoms in total. The monoisotopic (exact) mass is 164 g/mol. The summed E-state index contributed by atoms with van der Waals surface area (Å²) in [5, 5.41) is 0. The molecule has 0 aromatic carbocycles. The Hall–Kier alpha value is -0.0600. The van der Waals surface area contributed by atoms with Crippen LogP contribution < -0.4 is 0 Å². The lowest BCUT2D eigenvalue weighted by molar-refractivity contribution is 0.0339. The van der Waals surface area contributed by atoms with Gasteiger partial charge >= 0.3 is 13.3 Å². The van der Waals surface area contributed by atoms with Crippen molar-refractivity contribution in [2.45, 2.75) is 5.66 Å². The molecule has 0 unspecified atom stereocenters. The Kier molecular flexibility index (Phi) is 2.27. The van der Waals surface area contributed by atoms with Gasteiger partial charge in [-0.1, -0.05) is 0 Å². The third kappa shape index (κ3) is 1.97. The van der Waals surface area contributed by atoms with E-state index in [0.717, 1.165) is 0 Å². The summed E-state index contributed by atoms with van der Waals surface area (Å²) in [5.74, 6) is 0. The SMILES string of the molecule is O=P(O)(O)C(F)(F)CF. The summed E-state index contributed by atoms with van der Waals surface area (Å²) < 4.78 is 43.7. The lowest BCUT2D eigenvalue weighted by Crippen LogP contribution is -2.18. The van der Waals surface area contributed by atoms with Crippen molar-refractivity contribution < 1.29 is 27.5 Å². The fourth-order valence-electron chi connectivity index (χ4n) is 0.0778. The maximum atomic E-state index is 11.5. The van der Waals surface area contributed by atoms with Crippen LogP contribution in [0, 0.1) is 0 Å². The van der Waals surface area contributed by atoms with E-state index in [2.05, 4.69) is 0 Å². The van der Waals surface area contributed by atoms with E-state index < -0.39 is 19.9 Å². The standard InChI is InChI=1S/C2H4F3O3P/c3-1-2(4,5)9(6,7)8/h1H2,(H2,6,7,8). The summed E-state index contributed by atoms with van der Waals surface area (Å²) in [5.41, 5.74) is -4.52. The fraction of sp³-hybridized carbons (Fsp3) is 1.00. The van der Waals surface area contributed by atoms with Gasteiger partial charge in [-0.15, -0.1) is 0 Å². The van der Waals surface area contributed by atoms with E-state index in [0.29, 0.717) is 0 Å². The Morgan fingerprint density at radius 2 is 1.78 bits per heavy atom. The first-order valence-electron chi connectivity index (χ1n) is 1.80. The van der Waals surface area contributed by atoms with E-state index >= 15 is 0 Å². The van der Waals surface area contributed by atoms with Crippen molar-refractivity contribution in [3.8, 4) is 0 Å². The van der Waals surface area contributed by atoms with Gasteiger partial charge in [-0.2, -0.15) is 8.78 Å². The largest absolute Gasteiger partial charge is 0.397 e. The molecule has 9 heavy (non-hydrogen) atoms. The van der Waals surface area contributed by atoms with Crippen LogP contribution in [-0.4, -0.2) is 22.1 Å². The molecule has 0 saturated carbocycles. The van der Waals surface area contributed by atoms with Crippen LogP contribution in [0.1, 0.15) is 0 Å². The number of hydrogen-bond acceptors (Lipinski definition) is 1. The van der Waals surface area contributed by atoms with Crippen molar-refractivity contribution >= 4 is 7.60 Å². The Morgan fingerprint density at radius 3 is 1.78 bits per heavy atom. The first kappa shape index (κ1) is 8.94. The summed E-state index contributed by atoms with van der Waals surface area (Å²) in [6.45, 7) is -2.34. The van der Waals surface area contributed by atoms with E-state index in [1.165, 1.54) is 0 Å². The lowest BCUT2D eigenvalue weighted by Gasteiger charge is -2.12. The molecule has 0 amide bonds. The number of alkyl halides is 3. The molecule has 0 aromatic rings. The van der Waals surface area contributed by atoms with Gasteiger partial charge in [0.2, 0.25) is 0 Å². The van der Waals surface area contributed by atoms with Gasteiger partial charge in [-0.25, -0.2) is 4.39 Å². The second kappa shape index (κ2) is 2.28. The summed E-state index contributed by atoms with van der Waals surface area (Å²) in [7, 11) is -5.58. The topological polar surface area (TPSA) is 57.5 Å². The Bertz CT molecular complexity index is 140. The molecular weight excluding hydrogens is 160 g/mol. The smallest absolute Gasteiger partial charge is 0.320 e. The molecule has 0 radical (unpaired) electrons. The van der Waals surface area contributed by atoms with Crippen LogP contribution in [0.25, 0.3) is 0 Å². The van der Waals surface area contributed by atoms with Crippen LogP contribution in [0.15, 0.2) is 0 Å². The molecule has 0 aromatic heterocycles. The lowest BCUT2D eigenvalue weighted by atomic mass is 10.8. The van der Waals surface area contributed by atoms with Gasteiger partial charge in [-0.05, 0) is 0 Å². The van der Waals surface area contributed by atoms with E-state index in [4.69, 9.17) is 9.79 Å². The Labute approximate surface area is 48.7 Å². The van der Waals surface area contributed by atoms with Gasteiger partial charge in [0.25, 0.3) is 0 Å². The van der Waals surface area contributed by atoms with E-state index in [9.17, 15) is 17.7 Å². The number of rotatable bonds is 2. The van der Waals surface area contributed by atoms with Crippen LogP contribution in [0.5, 0.6) is 0 Å². The molecule has 0 saturated heterocycles. The predicted octanol–water partition coefficient (Wildman–Crippen LogP) is 0.726. The average molecular weight is 164 g/mol. The zero-order chi connectivity index (χ0) is 7.71. The molecule has 0 rings (SSSR count). The zero-order valence-electron chi connectivity index (χ0n) is 4.09. The second-order valence-corrected chi connectivity index (χ2v) is 3.09. The van der Waals surface area contributed by atoms with Crippen LogP contribution in [-0.2, 0) is 4.57 Å². The molecule has 0 fully saturated rings. The van der Waals surface area contributed by atoms with E-state index in [1.54, 1.807) is 0 Å². The fourth-order valence-corrected chi connectivity index (χ4v) is 0.234. The average Bonchev–Trinajstić information content (AvgIpc) is 1.64. The number of halogens is 3. The van der Waals surface area contributed by atoms with Gasteiger partial charge in [0.05, 0.1) is 0 Å². The summed E-state index contributed by atoms with van der Waals surface area (Å²) in [6, 6.07) is 0. The van der Waals surface area contributed by atoms with Gasteiger partial charge < -0.3 is 9.79 Å². The quantitative estimate of drug-likeness (QED) is 0.591. The van der Waals surface area contributed by atoms with Crippen molar-refractivity contribution in [2.75, 3.05) is 6.67 Å². The van der Waals surface area contributed by atoms with Crippen molar-refractivity contribution in [1.82, 2.24) is 0 Å². The molecule has 7 heteroatoms. The van der Waals surface area contributed by atoms with Crippen molar-refractivity contribution in [3.63, 3.8) is 0 Å². The van der Waals surface area contributed by atoms with Crippen LogP contribution in [0.3, 0.4) is 0 Å². The predicted molar refractivity (Wildman–Crippen MR) is 23.0 cm³/mol. The normalized spacial score (nSPS) is 13.9. The van der Waals surface area contributed by atoms with Gasteiger partial charge in [-0.3, -0.25) is 4.57 Å². The molecule has 0 bridgehead atoms. The molecule has 0 aliphatic rings. The summed E-state index contributed by atoms with van der Waals surface area (Å²) >= 11 is 0. The van der Waals surface area contributed by atoms with Crippen LogP contribution in [0.2, 0.25) is 0 Å². The maximum absolute atomic E-state index is 11.5. The number of hydrogen-bond donors (Lipinski definition) is 2. The highest BCUT2D eigenvalue weighted by atomic mass is 31.2. The highest BCUT2D eigenvalue weighted by Crippen LogP contribution is 2.52. The van der Waals surface area contributed by atoms with Crippen LogP contribution in [0.4, 0.5) is 13.2 Å². The minimum atomic E-state index is -5.58. The summed E-state index contributed by atoms with van der Waals surface area (Å²) in [6.07, 6.45) is 0. The minimum absolute atomic E-state index is 2.34. The maximum Gasteiger partial charge on any atom is 0.397 e. The minimum Gasteiger partial charge on any atom is -0.320 e. The Balaban J connectivity index is 4.34. The van der Waals surface area contributed by atoms with Crippen LogP contribution >= 0.6 is 7.60 Å². The third-order valence-corrected chi connectivity index (χ3v) is 1.56. The molecule has 0 spiro atoms.